The van der Waals surface area contributed by atoms with E-state index in [1.807, 2.05) is 27.3 Å². The molecule has 2 fully saturated rings. The molecule has 2 aliphatic carbocycles. The molecule has 0 spiro atoms. The Hall–Kier alpha value is -2.08. The molecule has 152 valence electrons. The zero-order valence-corrected chi connectivity index (χ0v) is 17.0. The number of likely N-dealkylation sites (N-methyl/N-ethyl adjacent to an activating group) is 1. The summed E-state index contributed by atoms with van der Waals surface area (Å²) in [6.07, 6.45) is 8.17. The lowest BCUT2D eigenvalue weighted by atomic mass is 9.95. The summed E-state index contributed by atoms with van der Waals surface area (Å²) in [6, 6.07) is 6.06. The van der Waals surface area contributed by atoms with E-state index in [4.69, 9.17) is 4.74 Å². The maximum Gasteiger partial charge on any atom is 0.329 e. The first-order valence-electron chi connectivity index (χ1n) is 10.6. The number of amides is 1. The molecule has 1 amide bonds. The summed E-state index contributed by atoms with van der Waals surface area (Å²) in [5, 5.41) is 0. The Kier molecular flexibility index (Phi) is 5.58. The zero-order valence-electron chi connectivity index (χ0n) is 17.0. The summed E-state index contributed by atoms with van der Waals surface area (Å²) in [5.41, 5.74) is 2.63. The number of hydrogen-bond donors (Lipinski definition) is 0. The number of carbonyl (C=O) groups is 1. The van der Waals surface area contributed by atoms with Crippen LogP contribution in [0.3, 0.4) is 0 Å². The van der Waals surface area contributed by atoms with Crippen molar-refractivity contribution in [2.24, 2.45) is 5.92 Å². The van der Waals surface area contributed by atoms with Gasteiger partial charge in [-0.25, -0.2) is 4.79 Å². The second-order valence-corrected chi connectivity index (χ2v) is 8.42. The van der Waals surface area contributed by atoms with Gasteiger partial charge in [-0.05, 0) is 49.8 Å². The first kappa shape index (κ1) is 19.2. The van der Waals surface area contributed by atoms with E-state index in [1.165, 1.54) is 32.1 Å². The number of rotatable bonds is 7. The van der Waals surface area contributed by atoms with Crippen molar-refractivity contribution in [3.8, 4) is 0 Å². The van der Waals surface area contributed by atoms with E-state index in [1.54, 1.807) is 19.1 Å². The quantitative estimate of drug-likeness (QED) is 0.734. The molecule has 1 heterocycles. The van der Waals surface area contributed by atoms with Crippen LogP contribution in [0.1, 0.15) is 61.3 Å². The van der Waals surface area contributed by atoms with E-state index in [0.717, 1.165) is 30.4 Å². The Bertz CT molecular complexity index is 904. The molecule has 4 rings (SSSR count). The number of ether oxygens (including phenoxy) is 1. The summed E-state index contributed by atoms with van der Waals surface area (Å²) in [4.78, 5) is 27.8. The first-order valence-corrected chi connectivity index (χ1v) is 10.6. The first-order chi connectivity index (χ1) is 13.6. The monoisotopic (exact) mass is 385 g/mol. The van der Waals surface area contributed by atoms with Gasteiger partial charge in [-0.1, -0.05) is 19.3 Å². The number of fused-ring (bicyclic) bond motifs is 1. The molecule has 2 aliphatic rings. The highest BCUT2D eigenvalue weighted by Gasteiger charge is 2.28. The third-order valence-electron chi connectivity index (χ3n) is 6.26. The normalized spacial score (nSPS) is 17.9. The topological polar surface area (TPSA) is 56.5 Å². The Morgan fingerprint density at radius 3 is 2.57 bits per heavy atom. The lowest BCUT2D eigenvalue weighted by molar-refractivity contribution is 0.0744. The lowest BCUT2D eigenvalue weighted by Crippen LogP contribution is -2.30. The van der Waals surface area contributed by atoms with Crippen molar-refractivity contribution in [1.82, 2.24) is 14.0 Å². The molecule has 28 heavy (non-hydrogen) atoms. The van der Waals surface area contributed by atoms with Gasteiger partial charge in [-0.15, -0.1) is 0 Å². The molecule has 0 radical (unpaired) electrons. The van der Waals surface area contributed by atoms with Crippen LogP contribution in [0.2, 0.25) is 0 Å². The van der Waals surface area contributed by atoms with Crippen LogP contribution >= 0.6 is 0 Å². The number of carbonyl (C=O) groups excluding carboxylic acids is 1. The molecule has 6 heteroatoms. The fourth-order valence-corrected chi connectivity index (χ4v) is 4.39. The minimum atomic E-state index is -0.0326. The molecule has 1 aromatic heterocycles. The second-order valence-electron chi connectivity index (χ2n) is 8.42. The van der Waals surface area contributed by atoms with Gasteiger partial charge in [0.25, 0.3) is 5.91 Å². The third kappa shape index (κ3) is 3.75. The Morgan fingerprint density at radius 1 is 1.14 bits per heavy atom. The predicted octanol–water partition coefficient (Wildman–Crippen LogP) is 3.44. The van der Waals surface area contributed by atoms with Crippen LogP contribution in [-0.4, -0.2) is 47.3 Å². The van der Waals surface area contributed by atoms with Gasteiger partial charge in [0, 0.05) is 38.9 Å². The average molecular weight is 386 g/mol. The molecule has 1 aromatic carbocycles. The molecule has 0 saturated heterocycles. The van der Waals surface area contributed by atoms with E-state index in [2.05, 4.69) is 0 Å². The fourth-order valence-electron chi connectivity index (χ4n) is 4.39. The summed E-state index contributed by atoms with van der Waals surface area (Å²) >= 11 is 0. The molecule has 2 saturated carbocycles. The summed E-state index contributed by atoms with van der Waals surface area (Å²) < 4.78 is 9.02. The van der Waals surface area contributed by atoms with Gasteiger partial charge in [-0.3, -0.25) is 13.9 Å². The van der Waals surface area contributed by atoms with Gasteiger partial charge in [0.2, 0.25) is 0 Å². The van der Waals surface area contributed by atoms with Crippen LogP contribution in [0.5, 0.6) is 0 Å². The van der Waals surface area contributed by atoms with E-state index in [0.29, 0.717) is 24.6 Å². The van der Waals surface area contributed by atoms with Crippen molar-refractivity contribution in [3.05, 3.63) is 34.2 Å². The van der Waals surface area contributed by atoms with Gasteiger partial charge < -0.3 is 9.64 Å². The Balaban J connectivity index is 1.74. The van der Waals surface area contributed by atoms with E-state index in [9.17, 15) is 9.59 Å². The summed E-state index contributed by atoms with van der Waals surface area (Å²) in [6.45, 7) is 1.83. The molecular formula is C22H31N3O3. The van der Waals surface area contributed by atoms with E-state index >= 15 is 0 Å². The van der Waals surface area contributed by atoms with Crippen LogP contribution < -0.4 is 5.69 Å². The van der Waals surface area contributed by atoms with Crippen molar-refractivity contribution < 1.29 is 9.53 Å². The zero-order chi connectivity index (χ0) is 19.7. The van der Waals surface area contributed by atoms with Crippen LogP contribution in [0.4, 0.5) is 0 Å². The third-order valence-corrected chi connectivity index (χ3v) is 6.26. The van der Waals surface area contributed by atoms with Gasteiger partial charge in [0.1, 0.15) is 0 Å². The lowest BCUT2D eigenvalue weighted by Gasteiger charge is -2.23. The average Bonchev–Trinajstić information content (AvgIpc) is 3.50. The highest BCUT2D eigenvalue weighted by Crippen LogP contribution is 2.33. The molecular weight excluding hydrogens is 354 g/mol. The van der Waals surface area contributed by atoms with Crippen molar-refractivity contribution in [3.63, 3.8) is 0 Å². The van der Waals surface area contributed by atoms with Crippen LogP contribution in [0.15, 0.2) is 23.0 Å². The molecule has 6 nitrogen and oxygen atoms in total. The maximum absolute atomic E-state index is 13.3. The maximum atomic E-state index is 13.3. The van der Waals surface area contributed by atoms with Gasteiger partial charge in [-0.2, -0.15) is 0 Å². The van der Waals surface area contributed by atoms with Gasteiger partial charge >= 0.3 is 5.69 Å². The molecule has 2 aromatic rings. The SMILES string of the molecule is COCCN(C)C(=O)c1ccc2c(c1)n(CC1CC1)c(=O)n2C1CCCCC1. The molecule has 0 bridgehead atoms. The smallest absolute Gasteiger partial charge is 0.329 e. The number of imidazole rings is 1. The number of aromatic nitrogens is 2. The number of benzene rings is 1. The van der Waals surface area contributed by atoms with E-state index in [-0.39, 0.29) is 17.6 Å². The molecule has 0 N–H and O–H groups in total. The molecule has 0 unspecified atom stereocenters. The van der Waals surface area contributed by atoms with Crippen molar-refractivity contribution in [2.45, 2.75) is 57.5 Å². The van der Waals surface area contributed by atoms with Crippen molar-refractivity contribution in [2.75, 3.05) is 27.3 Å². The minimum absolute atomic E-state index is 0.0326. The summed E-state index contributed by atoms with van der Waals surface area (Å²) in [5.74, 6) is 0.571. The number of nitrogens with zero attached hydrogens (tertiary/aromatic N) is 3. The predicted molar refractivity (Wildman–Crippen MR) is 110 cm³/mol. The number of methoxy groups -OCH3 is 1. The Labute approximate surface area is 166 Å². The standard InChI is InChI=1S/C22H31N3O3/c1-23(12-13-28-2)21(26)17-10-11-19-20(14-17)24(15-16-8-9-16)22(27)25(19)18-6-4-3-5-7-18/h10-11,14,16,18H,3-9,12-13,15H2,1-2H3. The Morgan fingerprint density at radius 2 is 1.89 bits per heavy atom. The van der Waals surface area contributed by atoms with Gasteiger partial charge in [0.05, 0.1) is 17.6 Å². The van der Waals surface area contributed by atoms with Crippen LogP contribution in [0, 0.1) is 5.92 Å². The van der Waals surface area contributed by atoms with Gasteiger partial charge in [0.15, 0.2) is 0 Å². The van der Waals surface area contributed by atoms with Crippen LogP contribution in [0.25, 0.3) is 11.0 Å². The fraction of sp³-hybridized carbons (Fsp3) is 0.636. The van der Waals surface area contributed by atoms with Crippen LogP contribution in [-0.2, 0) is 11.3 Å². The van der Waals surface area contributed by atoms with Crippen molar-refractivity contribution in [1.29, 1.82) is 0 Å². The minimum Gasteiger partial charge on any atom is -0.383 e. The van der Waals surface area contributed by atoms with E-state index < -0.39 is 0 Å². The van der Waals surface area contributed by atoms with Crippen molar-refractivity contribution >= 4 is 16.9 Å². The highest BCUT2D eigenvalue weighted by molar-refractivity contribution is 5.97. The largest absolute Gasteiger partial charge is 0.383 e. The highest BCUT2D eigenvalue weighted by atomic mass is 16.5. The second kappa shape index (κ2) is 8.11. The molecule has 0 aliphatic heterocycles. The summed E-state index contributed by atoms with van der Waals surface area (Å²) in [7, 11) is 3.42. The number of hydrogen-bond acceptors (Lipinski definition) is 3. The molecule has 0 atom stereocenters.